The van der Waals surface area contributed by atoms with E-state index in [4.69, 9.17) is 14.6 Å². The van der Waals surface area contributed by atoms with Crippen LogP contribution in [-0.4, -0.2) is 30.7 Å². The maximum atomic E-state index is 8.87. The average Bonchev–Trinajstić information content (AvgIpc) is 2.01. The first-order valence-electron chi connectivity index (χ1n) is 4.59. The summed E-state index contributed by atoms with van der Waals surface area (Å²) in [5.41, 5.74) is 0. The summed E-state index contributed by atoms with van der Waals surface area (Å²) in [5, 5.41) is 8.87. The summed E-state index contributed by atoms with van der Waals surface area (Å²) in [6.07, 6.45) is 1.70. The maximum Gasteiger partial charge on any atom is 0.151 e. The van der Waals surface area contributed by atoms with E-state index in [1.54, 1.807) is 6.92 Å². The third-order valence-corrected chi connectivity index (χ3v) is 2.15. The molecule has 72 valence electrons. The fourth-order valence-electron chi connectivity index (χ4n) is 1.43. The molecule has 0 amide bonds. The van der Waals surface area contributed by atoms with Gasteiger partial charge in [0, 0.05) is 6.61 Å². The Labute approximate surface area is 73.7 Å². The van der Waals surface area contributed by atoms with Gasteiger partial charge in [0.2, 0.25) is 0 Å². The molecule has 0 bridgehead atoms. The number of ether oxygens (including phenoxy) is 2. The van der Waals surface area contributed by atoms with Crippen LogP contribution in [0.15, 0.2) is 0 Å². The van der Waals surface area contributed by atoms with Crippen molar-refractivity contribution in [2.24, 2.45) is 5.92 Å². The Hall–Kier alpha value is -0.120. The Morgan fingerprint density at radius 1 is 1.67 bits per heavy atom. The minimum absolute atomic E-state index is 0.184. The molecule has 0 aromatic rings. The molecule has 1 N–H and O–H groups in total. The molecule has 0 aliphatic carbocycles. The number of aliphatic hydroxyl groups is 1. The van der Waals surface area contributed by atoms with Gasteiger partial charge in [-0.15, -0.1) is 0 Å². The van der Waals surface area contributed by atoms with E-state index in [-0.39, 0.29) is 6.10 Å². The van der Waals surface area contributed by atoms with Gasteiger partial charge in [-0.1, -0.05) is 6.92 Å². The zero-order valence-electron chi connectivity index (χ0n) is 7.82. The number of rotatable bonds is 3. The van der Waals surface area contributed by atoms with Crippen LogP contribution in [0.3, 0.4) is 0 Å². The predicted molar refractivity (Wildman–Crippen MR) is 45.8 cm³/mol. The Kier molecular flexibility index (Phi) is 3.98. The van der Waals surface area contributed by atoms with Crippen molar-refractivity contribution in [3.05, 3.63) is 0 Å². The van der Waals surface area contributed by atoms with Crippen LogP contribution in [0.25, 0.3) is 0 Å². The lowest BCUT2D eigenvalue weighted by molar-refractivity contribution is -0.132. The molecule has 3 heteroatoms. The molecule has 0 aromatic carbocycles. The van der Waals surface area contributed by atoms with E-state index in [1.165, 1.54) is 0 Å². The predicted octanol–water partition coefficient (Wildman–Crippen LogP) is 1.16. The quantitative estimate of drug-likeness (QED) is 0.652. The Morgan fingerprint density at radius 3 is 3.00 bits per heavy atom. The molecular weight excluding hydrogens is 156 g/mol. The second kappa shape index (κ2) is 4.80. The van der Waals surface area contributed by atoms with Crippen LogP contribution >= 0.6 is 0 Å². The van der Waals surface area contributed by atoms with Crippen molar-refractivity contribution < 1.29 is 14.6 Å². The van der Waals surface area contributed by atoms with Gasteiger partial charge in [0.15, 0.2) is 6.29 Å². The van der Waals surface area contributed by atoms with E-state index in [0.717, 1.165) is 25.4 Å². The zero-order valence-corrected chi connectivity index (χ0v) is 7.82. The highest BCUT2D eigenvalue weighted by atomic mass is 16.6. The van der Waals surface area contributed by atoms with Gasteiger partial charge in [0.05, 0.1) is 12.7 Å². The van der Waals surface area contributed by atoms with Crippen molar-refractivity contribution in [1.82, 2.24) is 0 Å². The summed E-state index contributed by atoms with van der Waals surface area (Å²) in [6.45, 7) is 5.18. The summed E-state index contributed by atoms with van der Waals surface area (Å²) in [6, 6.07) is 0. The third kappa shape index (κ3) is 3.52. The summed E-state index contributed by atoms with van der Waals surface area (Å²) >= 11 is 0. The highest BCUT2D eigenvalue weighted by Gasteiger charge is 2.19. The largest absolute Gasteiger partial charge is 0.376 e. The van der Waals surface area contributed by atoms with Gasteiger partial charge < -0.3 is 14.6 Å². The van der Waals surface area contributed by atoms with Gasteiger partial charge in [-0.3, -0.25) is 0 Å². The van der Waals surface area contributed by atoms with E-state index in [1.807, 2.05) is 0 Å². The second-order valence-corrected chi connectivity index (χ2v) is 3.55. The molecule has 0 radical (unpaired) electrons. The molecule has 0 spiro atoms. The van der Waals surface area contributed by atoms with E-state index in [9.17, 15) is 0 Å². The van der Waals surface area contributed by atoms with Crippen molar-refractivity contribution in [3.8, 4) is 0 Å². The summed E-state index contributed by atoms with van der Waals surface area (Å²) < 4.78 is 10.5. The van der Waals surface area contributed by atoms with E-state index < -0.39 is 6.29 Å². The Bertz CT molecular complexity index is 125. The fourth-order valence-corrected chi connectivity index (χ4v) is 1.43. The second-order valence-electron chi connectivity index (χ2n) is 3.55. The number of hydrogen-bond donors (Lipinski definition) is 1. The third-order valence-electron chi connectivity index (χ3n) is 2.15. The maximum absolute atomic E-state index is 8.87. The van der Waals surface area contributed by atoms with Crippen molar-refractivity contribution >= 4 is 0 Å². The van der Waals surface area contributed by atoms with E-state index in [0.29, 0.717) is 6.61 Å². The van der Waals surface area contributed by atoms with Crippen molar-refractivity contribution in [1.29, 1.82) is 0 Å². The molecule has 1 rings (SSSR count). The molecule has 12 heavy (non-hydrogen) atoms. The van der Waals surface area contributed by atoms with Crippen LogP contribution in [0.4, 0.5) is 0 Å². The minimum atomic E-state index is -0.675. The van der Waals surface area contributed by atoms with Crippen LogP contribution in [0.5, 0.6) is 0 Å². The lowest BCUT2D eigenvalue weighted by atomic mass is 9.98. The standard InChI is InChI=1S/C9H18O3/c1-7-3-4-11-9(5-7)6-12-8(2)10/h7-10H,3-6H2,1-2H3/t7-,8?,9+/m1/s1. The number of hydrogen-bond acceptors (Lipinski definition) is 3. The highest BCUT2D eigenvalue weighted by Crippen LogP contribution is 2.19. The molecule has 1 unspecified atom stereocenters. The van der Waals surface area contributed by atoms with Gasteiger partial charge in [-0.25, -0.2) is 0 Å². The molecule has 1 fully saturated rings. The molecule has 1 aliphatic rings. The van der Waals surface area contributed by atoms with Crippen molar-refractivity contribution in [2.75, 3.05) is 13.2 Å². The normalized spacial score (nSPS) is 33.2. The smallest absolute Gasteiger partial charge is 0.151 e. The summed E-state index contributed by atoms with van der Waals surface area (Å²) in [4.78, 5) is 0. The molecular formula is C9H18O3. The van der Waals surface area contributed by atoms with Crippen LogP contribution in [-0.2, 0) is 9.47 Å². The highest BCUT2D eigenvalue weighted by molar-refractivity contribution is 4.67. The van der Waals surface area contributed by atoms with Crippen molar-refractivity contribution in [3.63, 3.8) is 0 Å². The molecule has 3 nitrogen and oxygen atoms in total. The lowest BCUT2D eigenvalue weighted by Gasteiger charge is -2.27. The average molecular weight is 174 g/mol. The van der Waals surface area contributed by atoms with Crippen LogP contribution in [0.1, 0.15) is 26.7 Å². The van der Waals surface area contributed by atoms with Crippen LogP contribution < -0.4 is 0 Å². The van der Waals surface area contributed by atoms with E-state index >= 15 is 0 Å². The monoisotopic (exact) mass is 174 g/mol. The Balaban J connectivity index is 2.14. The topological polar surface area (TPSA) is 38.7 Å². The van der Waals surface area contributed by atoms with Crippen LogP contribution in [0.2, 0.25) is 0 Å². The van der Waals surface area contributed by atoms with E-state index in [2.05, 4.69) is 6.92 Å². The van der Waals surface area contributed by atoms with Crippen molar-refractivity contribution in [2.45, 2.75) is 39.1 Å². The molecule has 1 aliphatic heterocycles. The first kappa shape index (κ1) is 9.96. The fraction of sp³-hybridized carbons (Fsp3) is 1.00. The SMILES string of the molecule is CC(O)OC[C@@H]1C[C@H](C)CCO1. The van der Waals surface area contributed by atoms with Gasteiger partial charge in [-0.05, 0) is 25.7 Å². The zero-order chi connectivity index (χ0) is 8.97. The summed E-state index contributed by atoms with van der Waals surface area (Å²) in [5.74, 6) is 0.723. The van der Waals surface area contributed by atoms with Gasteiger partial charge in [0.1, 0.15) is 0 Å². The minimum Gasteiger partial charge on any atom is -0.376 e. The molecule has 3 atom stereocenters. The molecule has 1 heterocycles. The van der Waals surface area contributed by atoms with Gasteiger partial charge in [0.25, 0.3) is 0 Å². The molecule has 0 aromatic heterocycles. The van der Waals surface area contributed by atoms with Gasteiger partial charge >= 0.3 is 0 Å². The van der Waals surface area contributed by atoms with Crippen LogP contribution in [0, 0.1) is 5.92 Å². The number of aliphatic hydroxyl groups excluding tert-OH is 1. The lowest BCUT2D eigenvalue weighted by Crippen LogP contribution is -2.29. The van der Waals surface area contributed by atoms with Gasteiger partial charge in [-0.2, -0.15) is 0 Å². The Morgan fingerprint density at radius 2 is 2.42 bits per heavy atom. The first-order chi connectivity index (χ1) is 5.68. The first-order valence-corrected chi connectivity index (χ1v) is 4.59. The summed E-state index contributed by atoms with van der Waals surface area (Å²) in [7, 11) is 0. The molecule has 0 saturated carbocycles. The molecule has 1 saturated heterocycles.